The Morgan fingerprint density at radius 3 is 2.01 bits per heavy atom. The Kier molecular flexibility index (Phi) is 21.7. The van der Waals surface area contributed by atoms with E-state index >= 15 is 0 Å². The number of non-ortho nitro benzene ring substituents is 1. The van der Waals surface area contributed by atoms with Crippen molar-refractivity contribution in [1.29, 1.82) is 0 Å². The fourth-order valence-corrected chi connectivity index (χ4v) is 13.1. The molecule has 0 aliphatic heterocycles. The number of benzene rings is 7. The van der Waals surface area contributed by atoms with E-state index in [2.05, 4.69) is 57.5 Å². The average Bonchev–Trinajstić information content (AvgIpc) is 0.991. The van der Waals surface area contributed by atoms with Crippen LogP contribution in [0, 0.1) is 44.7 Å². The number of hydroxylamine groups is 1. The standard InChI is InChI=1S/C66H69N15O13S2/c1-42-11-23-57-50(34-42)37-68-79(57)65(84)74-72-52-14-18-54(19-15-52)76-95(88,89)59-25-12-43(2)62(45(59)4)48-9-6-8-47(35-48)41-94-70-28-31-93-33-32-92-30-27-67-64(83)49-10-7-29-78(39-49)40-61(82)71-63-44(3)13-26-60(46(63)5)96(90,91)77-55-20-16-53(17-21-55)73-75-66(85)80-58-24-22-56(81(86)87)36-51(58)38-69-80/h6-26,29,34-39,65,70,72-74,76-77,84H,27-28,30-33,40-41H2,1-5H3,(H2-,67,71,75,82,83,85)/p+1. The topological polar surface area (TPSA) is 358 Å². The van der Waals surface area contributed by atoms with Crippen LogP contribution in [0.3, 0.4) is 0 Å². The van der Waals surface area contributed by atoms with Crippen molar-refractivity contribution >= 4 is 93.8 Å². The molecule has 3 amide bonds. The van der Waals surface area contributed by atoms with Crippen molar-refractivity contribution in [3.05, 3.63) is 219 Å². The van der Waals surface area contributed by atoms with E-state index in [4.69, 9.17) is 14.3 Å². The lowest BCUT2D eigenvalue weighted by molar-refractivity contribution is -0.684. The third-order valence-electron chi connectivity index (χ3n) is 15.2. The molecular formula is C66H70N15O13S2+. The summed E-state index contributed by atoms with van der Waals surface area (Å²) in [5.74, 6) is -0.853. The van der Waals surface area contributed by atoms with Crippen LogP contribution in [0.25, 0.3) is 32.9 Å². The Morgan fingerprint density at radius 1 is 0.667 bits per heavy atom. The highest BCUT2D eigenvalue weighted by molar-refractivity contribution is 7.93. The molecule has 0 fully saturated rings. The summed E-state index contributed by atoms with van der Waals surface area (Å²) in [4.78, 5) is 55.7. The third kappa shape index (κ3) is 17.0. The van der Waals surface area contributed by atoms with Crippen molar-refractivity contribution in [2.75, 3.05) is 65.1 Å². The molecule has 3 heterocycles. The lowest BCUT2D eigenvalue weighted by Crippen LogP contribution is -2.41. The maximum Gasteiger partial charge on any atom is 0.361 e. The van der Waals surface area contributed by atoms with Crippen molar-refractivity contribution in [3.8, 4) is 11.1 Å². The number of nitrogens with zero attached hydrogens (tertiary/aromatic N) is 6. The van der Waals surface area contributed by atoms with E-state index < -0.39 is 43.3 Å². The second kappa shape index (κ2) is 30.6. The summed E-state index contributed by atoms with van der Waals surface area (Å²) in [6.45, 7) is 10.8. The van der Waals surface area contributed by atoms with E-state index in [1.807, 2.05) is 56.3 Å². The van der Waals surface area contributed by atoms with Gasteiger partial charge in [0, 0.05) is 64.8 Å². The first-order valence-electron chi connectivity index (χ1n) is 30.1. The fraction of sp³-hybridized carbons (Fsp3) is 0.212. The Hall–Kier alpha value is -10.7. The highest BCUT2D eigenvalue weighted by Crippen LogP contribution is 2.34. The van der Waals surface area contributed by atoms with Gasteiger partial charge in [-0.05, 0) is 165 Å². The van der Waals surface area contributed by atoms with Gasteiger partial charge >= 0.3 is 6.03 Å². The summed E-state index contributed by atoms with van der Waals surface area (Å²) in [6, 6.07) is 39.0. The van der Waals surface area contributed by atoms with Gasteiger partial charge in [0.1, 0.15) is 5.56 Å². The van der Waals surface area contributed by atoms with E-state index in [1.165, 1.54) is 70.2 Å². The zero-order valence-electron chi connectivity index (χ0n) is 52.7. The summed E-state index contributed by atoms with van der Waals surface area (Å²) in [5, 5.41) is 37.1. The van der Waals surface area contributed by atoms with Gasteiger partial charge in [0.15, 0.2) is 12.4 Å². The second-order valence-electron chi connectivity index (χ2n) is 22.2. The van der Waals surface area contributed by atoms with Crippen LogP contribution in [0.15, 0.2) is 180 Å². The number of ether oxygens (including phenoxy) is 2. The number of anilines is 5. The van der Waals surface area contributed by atoms with Crippen LogP contribution in [0.5, 0.6) is 0 Å². The van der Waals surface area contributed by atoms with Gasteiger partial charge in [-0.15, -0.1) is 0 Å². The maximum absolute atomic E-state index is 13.8. The second-order valence-corrected chi connectivity index (χ2v) is 25.5. The lowest BCUT2D eigenvalue weighted by atomic mass is 9.95. The number of pyridine rings is 1. The summed E-state index contributed by atoms with van der Waals surface area (Å²) in [7, 11) is -8.18. The van der Waals surface area contributed by atoms with Gasteiger partial charge in [-0.2, -0.15) is 30.4 Å². The number of aliphatic hydroxyl groups is 1. The third-order valence-corrected chi connectivity index (χ3v) is 18.3. The molecule has 3 aromatic heterocycles. The Balaban J connectivity index is 0.600. The first-order chi connectivity index (χ1) is 46.1. The molecule has 10 rings (SSSR count). The Bertz CT molecular complexity index is 4740. The van der Waals surface area contributed by atoms with Crippen molar-refractivity contribution < 1.29 is 60.1 Å². The summed E-state index contributed by atoms with van der Waals surface area (Å²) >= 11 is 0. The normalized spacial score (nSPS) is 11.9. The monoisotopic (exact) mass is 1340 g/mol. The molecule has 7 aromatic carbocycles. The highest BCUT2D eigenvalue weighted by Gasteiger charge is 2.25. The quantitative estimate of drug-likeness (QED) is 0.00667. The molecule has 0 saturated heterocycles. The van der Waals surface area contributed by atoms with Gasteiger partial charge in [-0.3, -0.25) is 39.4 Å². The van der Waals surface area contributed by atoms with Crippen molar-refractivity contribution in [2.45, 2.75) is 63.9 Å². The lowest BCUT2D eigenvalue weighted by Gasteiger charge is -2.18. The van der Waals surface area contributed by atoms with Gasteiger partial charge in [0.25, 0.3) is 37.5 Å². The minimum atomic E-state index is -4.18. The van der Waals surface area contributed by atoms with E-state index in [9.17, 15) is 46.4 Å². The number of aryl methyl sites for hydroxylation is 3. The Morgan fingerprint density at radius 2 is 1.30 bits per heavy atom. The first kappa shape index (κ1) is 68.2. The number of fused-ring (bicyclic) bond motifs is 2. The number of rotatable bonds is 30. The number of nitro benzene ring substituents is 1. The smallest absolute Gasteiger partial charge is 0.361 e. The molecule has 0 aliphatic rings. The van der Waals surface area contributed by atoms with Gasteiger partial charge in [0.2, 0.25) is 12.9 Å². The molecule has 0 spiro atoms. The van der Waals surface area contributed by atoms with E-state index in [0.29, 0.717) is 75.7 Å². The summed E-state index contributed by atoms with van der Waals surface area (Å²) in [5.41, 5.74) is 22.9. The van der Waals surface area contributed by atoms with Crippen LogP contribution in [0.2, 0.25) is 0 Å². The number of amides is 3. The largest absolute Gasteiger partial charge is 0.378 e. The number of hydrogen-bond acceptors (Lipinski definition) is 19. The van der Waals surface area contributed by atoms with Crippen LogP contribution >= 0.6 is 0 Å². The van der Waals surface area contributed by atoms with Crippen LogP contribution in [0.1, 0.15) is 50.1 Å². The average molecular weight is 1350 g/mol. The SMILES string of the molecule is Cc1ccc2c(cnn2C(O)NNc2ccc(NS(=O)(=O)c3ccc(C)c(-c4cccc(CONCCOCCOCCNC(=O)c5ccc[n+](CC(=O)Nc6c(C)ccc(S(=O)(=O)Nc7ccc(NNC(=O)n8ncc9cc([N+](=O)[O-])ccc98)cc7)c6C)c5)c4)c3C)cc2)c1. The minimum absolute atomic E-state index is 0.0760. The van der Waals surface area contributed by atoms with Crippen LogP contribution in [0.4, 0.5) is 38.9 Å². The molecule has 96 heavy (non-hydrogen) atoms. The summed E-state index contributed by atoms with van der Waals surface area (Å²) in [6.07, 6.45) is 4.98. The Labute approximate surface area is 552 Å². The number of nitro groups is 1. The number of aliphatic hydroxyl groups excluding tert-OH is 1. The van der Waals surface area contributed by atoms with Crippen LogP contribution < -0.4 is 51.8 Å². The zero-order valence-corrected chi connectivity index (χ0v) is 54.4. The predicted molar refractivity (Wildman–Crippen MR) is 360 cm³/mol. The predicted octanol–water partition coefficient (Wildman–Crippen LogP) is 8.17. The highest BCUT2D eigenvalue weighted by atomic mass is 32.2. The van der Waals surface area contributed by atoms with Crippen molar-refractivity contribution in [2.24, 2.45) is 0 Å². The number of carbonyl (C=O) groups is 3. The zero-order chi connectivity index (χ0) is 68.1. The molecule has 1 unspecified atom stereocenters. The molecule has 30 heteroatoms. The van der Waals surface area contributed by atoms with Crippen LogP contribution in [-0.2, 0) is 52.3 Å². The van der Waals surface area contributed by atoms with Crippen LogP contribution in [-0.4, -0.2) is 104 Å². The maximum atomic E-state index is 13.8. The molecule has 0 bridgehead atoms. The van der Waals surface area contributed by atoms with Gasteiger partial charge in [-0.1, -0.05) is 42.0 Å². The minimum Gasteiger partial charge on any atom is -0.378 e. The molecule has 28 nitrogen and oxygen atoms in total. The number of hydrogen-bond donors (Lipinski definition) is 10. The molecule has 0 radical (unpaired) electrons. The first-order valence-corrected chi connectivity index (χ1v) is 33.0. The molecule has 10 N–H and O–H groups in total. The molecule has 10 aromatic rings. The molecular weight excluding hydrogens is 1270 g/mol. The summed E-state index contributed by atoms with van der Waals surface area (Å²) < 4.78 is 75.7. The van der Waals surface area contributed by atoms with Gasteiger partial charge < -0.3 is 30.6 Å². The number of nitrogens with one attached hydrogen (secondary N) is 9. The van der Waals surface area contributed by atoms with Gasteiger partial charge in [0.05, 0.1) is 76.9 Å². The number of hydrazine groups is 2. The number of carbonyl (C=O) groups excluding carboxylic acids is 3. The molecule has 1 atom stereocenters. The molecule has 498 valence electrons. The molecule has 0 aliphatic carbocycles. The van der Waals surface area contributed by atoms with Gasteiger partial charge in [-0.25, -0.2) is 31.7 Å². The molecule has 0 saturated carbocycles. The van der Waals surface area contributed by atoms with E-state index in [-0.39, 0.29) is 60.0 Å². The van der Waals surface area contributed by atoms with Crippen molar-refractivity contribution in [3.63, 3.8) is 0 Å². The van der Waals surface area contributed by atoms with E-state index in [1.54, 1.807) is 87.8 Å². The fourth-order valence-electron chi connectivity index (χ4n) is 10.5. The number of aromatic nitrogens is 5. The number of sulfonamides is 2. The van der Waals surface area contributed by atoms with Crippen molar-refractivity contribution in [1.82, 2.24) is 41.2 Å². The van der Waals surface area contributed by atoms with E-state index in [0.717, 1.165) is 43.4 Å².